The van der Waals surface area contributed by atoms with Gasteiger partial charge in [0, 0.05) is 18.7 Å². The van der Waals surface area contributed by atoms with Crippen molar-refractivity contribution in [3.8, 4) is 0 Å². The van der Waals surface area contributed by atoms with Crippen LogP contribution in [0.1, 0.15) is 24.0 Å². The number of amides is 1. The monoisotopic (exact) mass is 248 g/mol. The molecular weight excluding hydrogens is 228 g/mol. The van der Waals surface area contributed by atoms with Crippen LogP contribution in [0, 0.1) is 0 Å². The van der Waals surface area contributed by atoms with Crippen molar-refractivity contribution in [2.45, 2.75) is 25.7 Å². The molecule has 3 N–H and O–H groups in total. The number of carbonyl (C=O) groups excluding carboxylic acids is 1. The number of fused-ring (bicyclic) bond motifs is 1. The van der Waals surface area contributed by atoms with Gasteiger partial charge in [0.1, 0.15) is 0 Å². The standard InChI is InChI=1S/C14H20N2O2/c17-9-1-7-15-8-6-11-2-4-13-12(10-11)3-5-14(18)16-13/h2,4,10,15,17H,1,3,5-9H2,(H,16,18). The van der Waals surface area contributed by atoms with Crippen LogP contribution in [0.15, 0.2) is 18.2 Å². The SMILES string of the molecule is O=C1CCc2cc(CCNCCCO)ccc2N1. The normalized spacial score (nSPS) is 14.2. The molecule has 1 aromatic carbocycles. The Kier molecular flexibility index (Phi) is 4.73. The van der Waals surface area contributed by atoms with Crippen molar-refractivity contribution in [1.29, 1.82) is 0 Å². The van der Waals surface area contributed by atoms with Gasteiger partial charge < -0.3 is 15.7 Å². The number of carbonyl (C=O) groups is 1. The number of hydrogen-bond donors (Lipinski definition) is 3. The highest BCUT2D eigenvalue weighted by Gasteiger charge is 2.14. The summed E-state index contributed by atoms with van der Waals surface area (Å²) in [6, 6.07) is 6.25. The highest BCUT2D eigenvalue weighted by Crippen LogP contribution is 2.23. The molecular formula is C14H20N2O2. The number of aliphatic hydroxyl groups excluding tert-OH is 1. The van der Waals surface area contributed by atoms with E-state index in [2.05, 4.69) is 22.8 Å². The molecule has 1 aliphatic heterocycles. The van der Waals surface area contributed by atoms with Crippen LogP contribution in [0.5, 0.6) is 0 Å². The summed E-state index contributed by atoms with van der Waals surface area (Å²) in [6.45, 7) is 2.02. The Bertz CT molecular complexity index is 418. The molecule has 0 saturated heterocycles. The second-order valence-corrected chi connectivity index (χ2v) is 4.62. The van der Waals surface area contributed by atoms with Crippen molar-refractivity contribution < 1.29 is 9.90 Å². The average molecular weight is 248 g/mol. The number of aryl methyl sites for hydroxylation is 1. The Morgan fingerprint density at radius 3 is 3.00 bits per heavy atom. The Morgan fingerprint density at radius 1 is 1.28 bits per heavy atom. The van der Waals surface area contributed by atoms with Gasteiger partial charge in [-0.25, -0.2) is 0 Å². The fourth-order valence-electron chi connectivity index (χ4n) is 2.15. The van der Waals surface area contributed by atoms with E-state index in [1.807, 2.05) is 6.07 Å². The highest BCUT2D eigenvalue weighted by molar-refractivity contribution is 5.93. The lowest BCUT2D eigenvalue weighted by Crippen LogP contribution is -2.20. The molecule has 0 atom stereocenters. The van der Waals surface area contributed by atoms with Gasteiger partial charge in [-0.1, -0.05) is 12.1 Å². The van der Waals surface area contributed by atoms with Gasteiger partial charge in [0.25, 0.3) is 0 Å². The number of benzene rings is 1. The minimum atomic E-state index is 0.112. The number of rotatable bonds is 6. The first-order chi connectivity index (χ1) is 8.79. The smallest absolute Gasteiger partial charge is 0.224 e. The van der Waals surface area contributed by atoms with Crippen LogP contribution in [-0.2, 0) is 17.6 Å². The molecule has 0 aromatic heterocycles. The van der Waals surface area contributed by atoms with E-state index < -0.39 is 0 Å². The van der Waals surface area contributed by atoms with Crippen molar-refractivity contribution in [3.63, 3.8) is 0 Å². The minimum absolute atomic E-state index is 0.112. The Hall–Kier alpha value is -1.39. The fourth-order valence-corrected chi connectivity index (χ4v) is 2.15. The number of nitrogens with one attached hydrogen (secondary N) is 2. The van der Waals surface area contributed by atoms with E-state index in [1.54, 1.807) is 0 Å². The molecule has 0 saturated carbocycles. The largest absolute Gasteiger partial charge is 0.396 e. The number of hydrogen-bond acceptors (Lipinski definition) is 3. The van der Waals surface area contributed by atoms with Crippen molar-refractivity contribution in [2.75, 3.05) is 25.0 Å². The van der Waals surface area contributed by atoms with E-state index in [1.165, 1.54) is 11.1 Å². The van der Waals surface area contributed by atoms with Crippen molar-refractivity contribution in [2.24, 2.45) is 0 Å². The second-order valence-electron chi connectivity index (χ2n) is 4.62. The molecule has 0 aliphatic carbocycles. The molecule has 1 heterocycles. The summed E-state index contributed by atoms with van der Waals surface area (Å²) in [5.74, 6) is 0.112. The maximum Gasteiger partial charge on any atom is 0.224 e. The van der Waals surface area contributed by atoms with Crippen LogP contribution < -0.4 is 10.6 Å². The second kappa shape index (κ2) is 6.52. The van der Waals surface area contributed by atoms with Gasteiger partial charge in [-0.3, -0.25) is 4.79 Å². The Morgan fingerprint density at radius 2 is 2.17 bits per heavy atom. The highest BCUT2D eigenvalue weighted by atomic mass is 16.3. The van der Waals surface area contributed by atoms with Gasteiger partial charge in [0.2, 0.25) is 5.91 Å². The molecule has 0 radical (unpaired) electrons. The molecule has 1 aromatic rings. The molecule has 4 nitrogen and oxygen atoms in total. The molecule has 98 valence electrons. The summed E-state index contributed by atoms with van der Waals surface area (Å²) in [4.78, 5) is 11.2. The van der Waals surface area contributed by atoms with E-state index in [0.717, 1.165) is 38.0 Å². The Labute approximate surface area is 107 Å². The number of anilines is 1. The maximum absolute atomic E-state index is 11.2. The topological polar surface area (TPSA) is 61.4 Å². The quantitative estimate of drug-likeness (QED) is 0.660. The lowest BCUT2D eigenvalue weighted by molar-refractivity contribution is -0.116. The molecule has 0 fully saturated rings. The third-order valence-corrected chi connectivity index (χ3v) is 3.17. The molecule has 18 heavy (non-hydrogen) atoms. The van der Waals surface area contributed by atoms with Crippen molar-refractivity contribution in [3.05, 3.63) is 29.3 Å². The van der Waals surface area contributed by atoms with Gasteiger partial charge in [0.15, 0.2) is 0 Å². The van der Waals surface area contributed by atoms with Crippen LogP contribution in [0.2, 0.25) is 0 Å². The molecule has 4 heteroatoms. The third-order valence-electron chi connectivity index (χ3n) is 3.17. The summed E-state index contributed by atoms with van der Waals surface area (Å²) < 4.78 is 0. The van der Waals surface area contributed by atoms with Gasteiger partial charge >= 0.3 is 0 Å². The number of aliphatic hydroxyl groups is 1. The van der Waals surface area contributed by atoms with Crippen molar-refractivity contribution in [1.82, 2.24) is 5.32 Å². The molecule has 0 bridgehead atoms. The first-order valence-electron chi connectivity index (χ1n) is 6.53. The zero-order valence-electron chi connectivity index (χ0n) is 10.5. The zero-order valence-corrected chi connectivity index (χ0v) is 10.5. The molecule has 2 rings (SSSR count). The first kappa shape index (κ1) is 13.1. The van der Waals surface area contributed by atoms with Crippen LogP contribution in [-0.4, -0.2) is 30.7 Å². The zero-order chi connectivity index (χ0) is 12.8. The maximum atomic E-state index is 11.2. The van der Waals surface area contributed by atoms with E-state index >= 15 is 0 Å². The third kappa shape index (κ3) is 3.55. The lowest BCUT2D eigenvalue weighted by Gasteiger charge is -2.17. The van der Waals surface area contributed by atoms with E-state index in [4.69, 9.17) is 5.11 Å². The van der Waals surface area contributed by atoms with Crippen LogP contribution >= 0.6 is 0 Å². The summed E-state index contributed by atoms with van der Waals surface area (Å²) in [7, 11) is 0. The summed E-state index contributed by atoms with van der Waals surface area (Å²) in [5.41, 5.74) is 3.49. The van der Waals surface area contributed by atoms with E-state index in [9.17, 15) is 4.79 Å². The summed E-state index contributed by atoms with van der Waals surface area (Å²) in [6.07, 6.45) is 3.21. The first-order valence-corrected chi connectivity index (χ1v) is 6.53. The van der Waals surface area contributed by atoms with Crippen LogP contribution in [0.25, 0.3) is 0 Å². The molecule has 1 amide bonds. The van der Waals surface area contributed by atoms with E-state index in [-0.39, 0.29) is 12.5 Å². The molecule has 1 aliphatic rings. The van der Waals surface area contributed by atoms with Crippen LogP contribution in [0.4, 0.5) is 5.69 Å². The fraction of sp³-hybridized carbons (Fsp3) is 0.500. The predicted molar refractivity (Wildman–Crippen MR) is 71.7 cm³/mol. The average Bonchev–Trinajstić information content (AvgIpc) is 2.38. The lowest BCUT2D eigenvalue weighted by atomic mass is 9.99. The van der Waals surface area contributed by atoms with Gasteiger partial charge in [-0.05, 0) is 49.5 Å². The molecule has 0 spiro atoms. The van der Waals surface area contributed by atoms with Gasteiger partial charge in [0.05, 0.1) is 0 Å². The minimum Gasteiger partial charge on any atom is -0.396 e. The van der Waals surface area contributed by atoms with Gasteiger partial charge in [-0.15, -0.1) is 0 Å². The van der Waals surface area contributed by atoms with Gasteiger partial charge in [-0.2, -0.15) is 0 Å². The van der Waals surface area contributed by atoms with Crippen molar-refractivity contribution >= 4 is 11.6 Å². The summed E-state index contributed by atoms with van der Waals surface area (Å²) in [5, 5.41) is 14.8. The Balaban J connectivity index is 1.85. The van der Waals surface area contributed by atoms with E-state index in [0.29, 0.717) is 6.42 Å². The molecule has 0 unspecified atom stereocenters. The predicted octanol–water partition coefficient (Wildman–Crippen LogP) is 1.09. The van der Waals surface area contributed by atoms with Crippen LogP contribution in [0.3, 0.4) is 0 Å². The summed E-state index contributed by atoms with van der Waals surface area (Å²) >= 11 is 0.